The van der Waals surface area contributed by atoms with Gasteiger partial charge in [-0.3, -0.25) is 4.90 Å². The van der Waals surface area contributed by atoms with E-state index in [4.69, 9.17) is 5.73 Å². The predicted molar refractivity (Wildman–Crippen MR) is 89.9 cm³/mol. The molecule has 20 heavy (non-hydrogen) atoms. The largest absolute Gasteiger partial charge is 0.329 e. The minimum Gasteiger partial charge on any atom is -0.329 e. The van der Waals surface area contributed by atoms with E-state index in [-0.39, 0.29) is 5.54 Å². The number of hydrogen-bond donors (Lipinski definition) is 1. The van der Waals surface area contributed by atoms with E-state index in [1.54, 1.807) is 0 Å². The smallest absolute Gasteiger partial charge is 0.0336 e. The third-order valence-corrected chi connectivity index (χ3v) is 4.94. The SMILES string of the molecule is CCCC1CCN(C(CN)(CC(C)C)CC(C)C)CC1. The second-order valence-corrected chi connectivity index (χ2v) is 7.84. The summed E-state index contributed by atoms with van der Waals surface area (Å²) in [6.07, 6.45) is 8.01. The molecule has 0 unspecified atom stereocenters. The van der Waals surface area contributed by atoms with Gasteiger partial charge < -0.3 is 5.73 Å². The van der Waals surface area contributed by atoms with Crippen molar-refractivity contribution in [2.45, 2.75) is 78.7 Å². The first-order valence-electron chi connectivity index (χ1n) is 8.88. The van der Waals surface area contributed by atoms with E-state index in [1.165, 1.54) is 51.6 Å². The van der Waals surface area contributed by atoms with E-state index >= 15 is 0 Å². The second-order valence-electron chi connectivity index (χ2n) is 7.84. The fourth-order valence-electron chi connectivity index (χ4n) is 4.26. The first-order valence-corrected chi connectivity index (χ1v) is 8.88. The van der Waals surface area contributed by atoms with Crippen LogP contribution in [-0.4, -0.2) is 30.1 Å². The van der Waals surface area contributed by atoms with E-state index in [0.29, 0.717) is 0 Å². The maximum absolute atomic E-state index is 6.29. The molecular weight excluding hydrogens is 244 g/mol. The molecule has 1 rings (SSSR count). The lowest BCUT2D eigenvalue weighted by Gasteiger charge is -2.48. The Kier molecular flexibility index (Phi) is 7.53. The zero-order valence-corrected chi connectivity index (χ0v) is 14.6. The molecule has 120 valence electrons. The molecule has 0 radical (unpaired) electrons. The van der Waals surface area contributed by atoms with E-state index in [9.17, 15) is 0 Å². The molecule has 0 aromatic rings. The molecule has 2 nitrogen and oxygen atoms in total. The second kappa shape index (κ2) is 8.38. The summed E-state index contributed by atoms with van der Waals surface area (Å²) in [6, 6.07) is 0. The predicted octanol–water partition coefficient (Wildman–Crippen LogP) is 4.29. The highest BCUT2D eigenvalue weighted by molar-refractivity contribution is 4.95. The highest BCUT2D eigenvalue weighted by Crippen LogP contribution is 2.34. The van der Waals surface area contributed by atoms with Gasteiger partial charge in [0.25, 0.3) is 0 Å². The number of nitrogens with two attached hydrogens (primary N) is 1. The van der Waals surface area contributed by atoms with Gasteiger partial charge in [0, 0.05) is 12.1 Å². The Morgan fingerprint density at radius 2 is 1.55 bits per heavy atom. The molecular formula is C18H38N2. The molecule has 1 heterocycles. The zero-order valence-electron chi connectivity index (χ0n) is 14.6. The highest BCUT2D eigenvalue weighted by atomic mass is 15.2. The van der Waals surface area contributed by atoms with Crippen LogP contribution in [-0.2, 0) is 0 Å². The average Bonchev–Trinajstić information content (AvgIpc) is 2.38. The van der Waals surface area contributed by atoms with Crippen molar-refractivity contribution in [3.63, 3.8) is 0 Å². The van der Waals surface area contributed by atoms with Gasteiger partial charge in [0.15, 0.2) is 0 Å². The van der Waals surface area contributed by atoms with Crippen LogP contribution in [0.1, 0.15) is 73.1 Å². The highest BCUT2D eigenvalue weighted by Gasteiger charge is 2.38. The summed E-state index contributed by atoms with van der Waals surface area (Å²) < 4.78 is 0. The van der Waals surface area contributed by atoms with Crippen LogP contribution >= 0.6 is 0 Å². The average molecular weight is 283 g/mol. The first-order chi connectivity index (χ1) is 9.43. The van der Waals surface area contributed by atoms with E-state index in [1.807, 2.05) is 0 Å². The summed E-state index contributed by atoms with van der Waals surface area (Å²) in [4.78, 5) is 2.75. The van der Waals surface area contributed by atoms with Crippen molar-refractivity contribution < 1.29 is 0 Å². The van der Waals surface area contributed by atoms with Gasteiger partial charge in [0.05, 0.1) is 0 Å². The molecule has 0 amide bonds. The normalized spacial score (nSPS) is 19.2. The number of nitrogens with zero attached hydrogens (tertiary/aromatic N) is 1. The molecule has 0 atom stereocenters. The minimum atomic E-state index is 0.250. The van der Waals surface area contributed by atoms with Crippen molar-refractivity contribution in [1.29, 1.82) is 0 Å². The lowest BCUT2D eigenvalue weighted by atomic mass is 9.78. The minimum absolute atomic E-state index is 0.250. The Bertz CT molecular complexity index is 242. The van der Waals surface area contributed by atoms with Crippen LogP contribution < -0.4 is 5.73 Å². The molecule has 0 saturated carbocycles. The van der Waals surface area contributed by atoms with Crippen LogP contribution in [0.2, 0.25) is 0 Å². The fourth-order valence-corrected chi connectivity index (χ4v) is 4.26. The molecule has 1 aliphatic heterocycles. The van der Waals surface area contributed by atoms with Gasteiger partial charge in [0.2, 0.25) is 0 Å². The third kappa shape index (κ3) is 5.04. The quantitative estimate of drug-likeness (QED) is 0.719. The van der Waals surface area contributed by atoms with Gasteiger partial charge in [-0.25, -0.2) is 0 Å². The third-order valence-electron chi connectivity index (χ3n) is 4.94. The standard InChI is InChI=1S/C18H38N2/c1-6-7-17-8-10-20(11-9-17)18(14-19,12-15(2)3)13-16(4)5/h15-17H,6-14,19H2,1-5H3. The summed E-state index contributed by atoms with van der Waals surface area (Å²) in [6.45, 7) is 15.0. The Labute approximate surface area is 127 Å². The lowest BCUT2D eigenvalue weighted by molar-refractivity contribution is 0.0225. The van der Waals surface area contributed by atoms with Crippen LogP contribution in [0.3, 0.4) is 0 Å². The molecule has 1 aliphatic rings. The van der Waals surface area contributed by atoms with Crippen LogP contribution in [0.4, 0.5) is 0 Å². The fraction of sp³-hybridized carbons (Fsp3) is 1.00. The van der Waals surface area contributed by atoms with E-state index < -0.39 is 0 Å². The number of hydrogen-bond acceptors (Lipinski definition) is 2. The van der Waals surface area contributed by atoms with Crippen molar-refractivity contribution in [1.82, 2.24) is 4.90 Å². The van der Waals surface area contributed by atoms with Gasteiger partial charge >= 0.3 is 0 Å². The summed E-state index contributed by atoms with van der Waals surface area (Å²) in [5.41, 5.74) is 6.54. The lowest BCUT2D eigenvalue weighted by Crippen LogP contribution is -2.57. The van der Waals surface area contributed by atoms with Crippen LogP contribution in [0, 0.1) is 17.8 Å². The molecule has 0 aliphatic carbocycles. The Morgan fingerprint density at radius 3 is 1.90 bits per heavy atom. The maximum atomic E-state index is 6.29. The van der Waals surface area contributed by atoms with Crippen molar-refractivity contribution in [3.8, 4) is 0 Å². The molecule has 1 saturated heterocycles. The number of likely N-dealkylation sites (tertiary alicyclic amines) is 1. The van der Waals surface area contributed by atoms with Crippen LogP contribution in [0.15, 0.2) is 0 Å². The van der Waals surface area contributed by atoms with Crippen molar-refractivity contribution in [2.24, 2.45) is 23.5 Å². The summed E-state index contributed by atoms with van der Waals surface area (Å²) in [5.74, 6) is 2.42. The van der Waals surface area contributed by atoms with Gasteiger partial charge in [-0.1, -0.05) is 47.5 Å². The molecule has 0 aromatic heterocycles. The van der Waals surface area contributed by atoms with Crippen LogP contribution in [0.5, 0.6) is 0 Å². The summed E-state index contributed by atoms with van der Waals surface area (Å²) >= 11 is 0. The van der Waals surface area contributed by atoms with Gasteiger partial charge in [-0.05, 0) is 56.5 Å². The Morgan fingerprint density at radius 1 is 1.05 bits per heavy atom. The van der Waals surface area contributed by atoms with Crippen molar-refractivity contribution >= 4 is 0 Å². The summed E-state index contributed by atoms with van der Waals surface area (Å²) in [7, 11) is 0. The van der Waals surface area contributed by atoms with E-state index in [0.717, 1.165) is 24.3 Å². The van der Waals surface area contributed by atoms with Crippen LogP contribution in [0.25, 0.3) is 0 Å². The van der Waals surface area contributed by atoms with Crippen molar-refractivity contribution in [2.75, 3.05) is 19.6 Å². The first kappa shape index (κ1) is 18.0. The number of rotatable bonds is 8. The molecule has 0 spiro atoms. The summed E-state index contributed by atoms with van der Waals surface area (Å²) in [5, 5.41) is 0. The topological polar surface area (TPSA) is 29.3 Å². The molecule has 0 aromatic carbocycles. The molecule has 2 heteroatoms. The maximum Gasteiger partial charge on any atom is 0.0336 e. The zero-order chi connectivity index (χ0) is 15.2. The van der Waals surface area contributed by atoms with Crippen molar-refractivity contribution in [3.05, 3.63) is 0 Å². The molecule has 1 fully saturated rings. The molecule has 2 N–H and O–H groups in total. The number of piperidine rings is 1. The van der Waals surface area contributed by atoms with Gasteiger partial charge in [-0.2, -0.15) is 0 Å². The monoisotopic (exact) mass is 282 g/mol. The van der Waals surface area contributed by atoms with E-state index in [2.05, 4.69) is 39.5 Å². The van der Waals surface area contributed by atoms with Gasteiger partial charge in [0.1, 0.15) is 0 Å². The Balaban J connectivity index is 2.72. The molecule has 0 bridgehead atoms. The van der Waals surface area contributed by atoms with Gasteiger partial charge in [-0.15, -0.1) is 0 Å². The Hall–Kier alpha value is -0.0800.